The maximum Gasteiger partial charge on any atom is 2.00 e. The molecule has 7 heavy (non-hydrogen) atoms. The Hall–Kier alpha value is 0.448. The van der Waals surface area contributed by atoms with E-state index in [-0.39, 0.29) is 58.0 Å². The fourth-order valence-electron chi connectivity index (χ4n) is 0. The molecule has 0 aliphatic carbocycles. The van der Waals surface area contributed by atoms with Crippen molar-refractivity contribution in [2.24, 2.45) is 0 Å². The summed E-state index contributed by atoms with van der Waals surface area (Å²) < 4.78 is 0. The summed E-state index contributed by atoms with van der Waals surface area (Å²) in [5.74, 6) is 0. The molecule has 0 aromatic rings. The summed E-state index contributed by atoms with van der Waals surface area (Å²) in [5, 5.41) is 0. The van der Waals surface area contributed by atoms with Gasteiger partial charge in [-0.3, -0.25) is 0 Å². The molecule has 0 fully saturated rings. The van der Waals surface area contributed by atoms with Crippen molar-refractivity contribution in [3.63, 3.8) is 0 Å². The summed E-state index contributed by atoms with van der Waals surface area (Å²) in [7, 11) is 0. The summed E-state index contributed by atoms with van der Waals surface area (Å²) in [6, 6.07) is 0. The van der Waals surface area contributed by atoms with Crippen LogP contribution in [0.3, 0.4) is 0 Å². The van der Waals surface area contributed by atoms with Crippen LogP contribution in [0.15, 0.2) is 0 Å². The summed E-state index contributed by atoms with van der Waals surface area (Å²) in [5.41, 5.74) is 0. The number of rotatable bonds is 0. The predicted molar refractivity (Wildman–Crippen MR) is 30.1 cm³/mol. The molecule has 0 rings (SSSR count). The van der Waals surface area contributed by atoms with Crippen molar-refractivity contribution in [1.82, 2.24) is 36.9 Å². The zero-order valence-electron chi connectivity index (χ0n) is 4.56. The first-order valence-corrected chi connectivity index (χ1v) is 0. The molecule has 0 saturated carbocycles. The van der Waals surface area contributed by atoms with Crippen LogP contribution < -0.4 is 36.9 Å². The molecule has 0 amide bonds. The molecular weight excluding hydrogens is 279 g/mol. The average molecular weight is 297 g/mol. The maximum atomic E-state index is 0. The van der Waals surface area contributed by atoms with E-state index in [1.807, 2.05) is 0 Å². The van der Waals surface area contributed by atoms with Crippen molar-refractivity contribution in [1.29, 1.82) is 0 Å². The zero-order valence-corrected chi connectivity index (χ0v) is 6.83. The Bertz CT molecular complexity index is 4.14. The van der Waals surface area contributed by atoms with Gasteiger partial charge in [0, 0.05) is 0 Å². The van der Waals surface area contributed by atoms with E-state index < -0.39 is 0 Å². The van der Waals surface area contributed by atoms with Gasteiger partial charge in [-0.2, -0.15) is 0 Å². The normalized spacial score (nSPS) is 0. The van der Waals surface area contributed by atoms with E-state index in [2.05, 4.69) is 0 Å². The molecule has 0 aliphatic rings. The quantitative estimate of drug-likeness (QED) is 0.383. The van der Waals surface area contributed by atoms with Gasteiger partial charge in [0.15, 0.2) is 0 Å². The average Bonchev–Trinajstić information content (AvgIpc) is 0. The Labute approximate surface area is 58.6 Å². The first-order valence-electron chi connectivity index (χ1n) is 0. The third kappa shape index (κ3) is 635. The molecule has 18 N–H and O–H groups in total. The molecule has 0 aliphatic heterocycles. The van der Waals surface area contributed by atoms with E-state index in [4.69, 9.17) is 0 Å². The van der Waals surface area contributed by atoms with Crippen LogP contribution in [0.5, 0.6) is 0 Å². The Morgan fingerprint density at radius 2 is 0.286 bits per heavy atom. The zero-order chi connectivity index (χ0) is 0. The topological polar surface area (TPSA) is 210 Å². The minimum Gasteiger partial charge on any atom is -0.344 e. The minimum absolute atomic E-state index is 0. The first kappa shape index (κ1) is 1540. The van der Waals surface area contributed by atoms with Gasteiger partial charge >= 0.3 is 21.1 Å². The first-order chi connectivity index (χ1) is 0. The van der Waals surface area contributed by atoms with E-state index in [1.165, 1.54) is 0 Å². The number of hydrogen-bond acceptors (Lipinski definition) is 6. The Balaban J connectivity index is 0. The van der Waals surface area contributed by atoms with Crippen LogP contribution in [-0.2, 0) is 21.1 Å². The van der Waals surface area contributed by atoms with E-state index in [1.54, 1.807) is 0 Å². The monoisotopic (exact) mass is 297 g/mol. The molecule has 0 aromatic heterocycles. The second-order valence-corrected chi connectivity index (χ2v) is 0. The summed E-state index contributed by atoms with van der Waals surface area (Å²) in [6.45, 7) is 0. The van der Waals surface area contributed by atoms with Crippen molar-refractivity contribution in [2.45, 2.75) is 0 Å². The van der Waals surface area contributed by atoms with E-state index in [0.29, 0.717) is 0 Å². The molecule has 0 heterocycles. The van der Waals surface area contributed by atoms with Gasteiger partial charge in [0.25, 0.3) is 0 Å². The van der Waals surface area contributed by atoms with Crippen LogP contribution in [0.2, 0.25) is 0 Å². The molecule has 7 heteroatoms. The molecular formula is H18N6Pt+2. The maximum absolute atomic E-state index is 0. The number of hydrogen-bond donors (Lipinski definition) is 6. The molecule has 0 atom stereocenters. The van der Waals surface area contributed by atoms with Crippen molar-refractivity contribution >= 4 is 0 Å². The smallest absolute Gasteiger partial charge is 0.344 e. The van der Waals surface area contributed by atoms with Crippen LogP contribution in [0.25, 0.3) is 0 Å². The van der Waals surface area contributed by atoms with E-state index >= 15 is 0 Å². The summed E-state index contributed by atoms with van der Waals surface area (Å²) in [4.78, 5) is 0. The third-order valence-electron chi connectivity index (χ3n) is 0. The molecule has 0 aromatic carbocycles. The molecule has 0 unspecified atom stereocenters. The van der Waals surface area contributed by atoms with Crippen LogP contribution in [-0.4, -0.2) is 0 Å². The van der Waals surface area contributed by atoms with Crippen molar-refractivity contribution in [3.8, 4) is 0 Å². The Morgan fingerprint density at radius 1 is 0.286 bits per heavy atom. The van der Waals surface area contributed by atoms with Gasteiger partial charge in [-0.25, -0.2) is 0 Å². The Morgan fingerprint density at radius 3 is 0.286 bits per heavy atom. The summed E-state index contributed by atoms with van der Waals surface area (Å²) >= 11 is 0. The van der Waals surface area contributed by atoms with Gasteiger partial charge < -0.3 is 36.9 Å². The standard InChI is InChI=1S/6H3N.Pt/h6*1H3;/q;;;;;;+2. The molecule has 0 spiro atoms. The van der Waals surface area contributed by atoms with Crippen molar-refractivity contribution in [2.75, 3.05) is 0 Å². The van der Waals surface area contributed by atoms with Gasteiger partial charge in [-0.1, -0.05) is 0 Å². The predicted octanol–water partition coefficient (Wildman–Crippen LogP) is 0.969. The van der Waals surface area contributed by atoms with Crippen LogP contribution in [0.1, 0.15) is 0 Å². The SMILES string of the molecule is N.N.N.N.N.N.[Pt+2]. The molecule has 0 radical (unpaired) electrons. The second-order valence-electron chi connectivity index (χ2n) is 0. The van der Waals surface area contributed by atoms with Crippen molar-refractivity contribution < 1.29 is 21.1 Å². The largest absolute Gasteiger partial charge is 2.00 e. The Kier molecular flexibility index (Phi) is 210000. The fourth-order valence-corrected chi connectivity index (χ4v) is 0. The van der Waals surface area contributed by atoms with Gasteiger partial charge in [-0.05, 0) is 0 Å². The summed E-state index contributed by atoms with van der Waals surface area (Å²) in [6.07, 6.45) is 0. The van der Waals surface area contributed by atoms with Crippen LogP contribution >= 0.6 is 0 Å². The molecule has 56 valence electrons. The van der Waals surface area contributed by atoms with E-state index in [0.717, 1.165) is 0 Å². The van der Waals surface area contributed by atoms with E-state index in [9.17, 15) is 0 Å². The van der Waals surface area contributed by atoms with Gasteiger partial charge in [0.1, 0.15) is 0 Å². The second kappa shape index (κ2) is 952. The van der Waals surface area contributed by atoms with Gasteiger partial charge in [0.2, 0.25) is 0 Å². The fraction of sp³-hybridized carbons (Fsp3) is 0. The van der Waals surface area contributed by atoms with Crippen LogP contribution in [0, 0.1) is 0 Å². The molecule has 0 bridgehead atoms. The van der Waals surface area contributed by atoms with Crippen LogP contribution in [0.4, 0.5) is 0 Å². The third-order valence-corrected chi connectivity index (χ3v) is 0. The van der Waals surface area contributed by atoms with Crippen molar-refractivity contribution in [3.05, 3.63) is 0 Å². The van der Waals surface area contributed by atoms with Gasteiger partial charge in [-0.15, -0.1) is 0 Å². The molecule has 0 saturated heterocycles. The molecule has 6 nitrogen and oxygen atoms in total. The van der Waals surface area contributed by atoms with Gasteiger partial charge in [0.05, 0.1) is 0 Å². The minimum atomic E-state index is 0.